The monoisotopic (exact) mass is 385 g/mol. The van der Waals surface area contributed by atoms with Crippen LogP contribution in [0.5, 0.6) is 0 Å². The summed E-state index contributed by atoms with van der Waals surface area (Å²) in [6, 6.07) is 6.57. The zero-order valence-electron chi connectivity index (χ0n) is 15.5. The fourth-order valence-electron chi connectivity index (χ4n) is 3.14. The zero-order valence-corrected chi connectivity index (χ0v) is 16.3. The summed E-state index contributed by atoms with van der Waals surface area (Å²) in [5, 5.41) is 10.4. The van der Waals surface area contributed by atoms with Crippen LogP contribution in [0.3, 0.4) is 0 Å². The van der Waals surface area contributed by atoms with Gasteiger partial charge < -0.3 is 10.9 Å². The van der Waals surface area contributed by atoms with E-state index >= 15 is 0 Å². The Labute approximate surface area is 161 Å². The van der Waals surface area contributed by atoms with Crippen LogP contribution in [0.2, 0.25) is 5.02 Å². The minimum Gasteiger partial charge on any atom is -0.428 e. The van der Waals surface area contributed by atoms with Crippen LogP contribution in [0.25, 0.3) is 22.5 Å². The topological polar surface area (TPSA) is 98.2 Å². The molecule has 27 heavy (non-hydrogen) atoms. The van der Waals surface area contributed by atoms with Crippen molar-refractivity contribution < 1.29 is 10.0 Å². The first-order valence-corrected chi connectivity index (χ1v) is 8.75. The van der Waals surface area contributed by atoms with E-state index in [0.717, 1.165) is 16.7 Å². The molecule has 0 bridgehead atoms. The molecule has 2 heterocycles. The van der Waals surface area contributed by atoms with Gasteiger partial charge in [0.1, 0.15) is 0 Å². The maximum absolute atomic E-state index is 12.7. The minimum atomic E-state index is -0.913. The Bertz CT molecular complexity index is 1100. The normalized spacial score (nSPS) is 11.7. The third kappa shape index (κ3) is 3.28. The van der Waals surface area contributed by atoms with Gasteiger partial charge in [-0.25, -0.2) is 4.98 Å². The molecule has 140 valence electrons. The number of fused-ring (bicyclic) bond motifs is 1. The Morgan fingerprint density at radius 2 is 1.89 bits per heavy atom. The number of halogens is 1. The summed E-state index contributed by atoms with van der Waals surface area (Å²) in [7, 11) is 0. The fourth-order valence-corrected chi connectivity index (χ4v) is 3.58. The van der Waals surface area contributed by atoms with Gasteiger partial charge in [0.05, 0.1) is 17.0 Å². The second-order valence-electron chi connectivity index (χ2n) is 7.54. The molecule has 2 aliphatic heterocycles. The van der Waals surface area contributed by atoms with Gasteiger partial charge >= 0.3 is 0 Å². The summed E-state index contributed by atoms with van der Waals surface area (Å²) in [6.07, 6.45) is 1.22. The van der Waals surface area contributed by atoms with Crippen molar-refractivity contribution >= 4 is 17.5 Å². The molecule has 2 aliphatic rings. The number of carbonyl (C=O) groups excluding carboxylic acids is 1. The molecular weight excluding hydrogens is 366 g/mol. The van der Waals surface area contributed by atoms with Gasteiger partial charge in [-0.05, 0) is 35.6 Å². The minimum absolute atomic E-state index is 0.0219. The number of rotatable bonds is 2. The summed E-state index contributed by atoms with van der Waals surface area (Å²) in [5.41, 5.74) is 7.78. The Morgan fingerprint density at radius 1 is 1.22 bits per heavy atom. The predicted molar refractivity (Wildman–Crippen MR) is 105 cm³/mol. The van der Waals surface area contributed by atoms with E-state index in [1.54, 1.807) is 6.07 Å². The second-order valence-corrected chi connectivity index (χ2v) is 7.94. The lowest BCUT2D eigenvalue weighted by Crippen LogP contribution is -2.24. The van der Waals surface area contributed by atoms with Crippen molar-refractivity contribution in [2.45, 2.75) is 33.1 Å². The average molecular weight is 386 g/mol. The highest BCUT2D eigenvalue weighted by Gasteiger charge is 2.23. The summed E-state index contributed by atoms with van der Waals surface area (Å²) >= 11 is 6.48. The molecule has 0 unspecified atom stereocenters. The largest absolute Gasteiger partial charge is 0.428 e. The standard InChI is InChI=1S/C20H20ClN3O3/c1-10-7-12(20(2,3)4)13(21)8-11(10)15-9-16(25)17-14(23-15)5-6-24(27)18(17)19(22)26/h5-9,27H,1-4H3,(H2,22,26). The zero-order chi connectivity index (χ0) is 20.1. The number of hydrogen-bond donors (Lipinski definition) is 2. The summed E-state index contributed by atoms with van der Waals surface area (Å²) in [4.78, 5) is 28.8. The highest BCUT2D eigenvalue weighted by molar-refractivity contribution is 6.31. The third-order valence-corrected chi connectivity index (χ3v) is 4.79. The molecule has 0 aliphatic carbocycles. The fraction of sp³-hybridized carbons (Fsp3) is 0.250. The molecule has 0 spiro atoms. The van der Waals surface area contributed by atoms with Gasteiger partial charge in [-0.15, -0.1) is 0 Å². The van der Waals surface area contributed by atoms with Gasteiger partial charge in [-0.2, -0.15) is 4.73 Å². The first kappa shape index (κ1) is 18.9. The Balaban J connectivity index is 2.28. The molecule has 0 radical (unpaired) electrons. The number of carbonyl (C=O) groups is 1. The van der Waals surface area contributed by atoms with Gasteiger partial charge in [0, 0.05) is 22.8 Å². The smallest absolute Gasteiger partial charge is 0.269 e. The lowest BCUT2D eigenvalue weighted by Gasteiger charge is -2.22. The van der Waals surface area contributed by atoms with E-state index in [1.165, 1.54) is 18.3 Å². The van der Waals surface area contributed by atoms with Crippen LogP contribution in [0.15, 0.2) is 35.3 Å². The van der Waals surface area contributed by atoms with Crippen LogP contribution in [-0.4, -0.2) is 20.8 Å². The van der Waals surface area contributed by atoms with E-state index in [0.29, 0.717) is 15.4 Å². The molecule has 6 nitrogen and oxygen atoms in total. The van der Waals surface area contributed by atoms with Crippen LogP contribution < -0.4 is 11.2 Å². The number of aryl methyl sites for hydroxylation is 1. The van der Waals surface area contributed by atoms with Crippen LogP contribution in [-0.2, 0) is 5.41 Å². The first-order valence-electron chi connectivity index (χ1n) is 8.37. The van der Waals surface area contributed by atoms with Crippen molar-refractivity contribution in [1.29, 1.82) is 0 Å². The predicted octanol–water partition coefficient (Wildman–Crippen LogP) is 3.61. The molecule has 0 saturated carbocycles. The van der Waals surface area contributed by atoms with Crippen LogP contribution >= 0.6 is 11.6 Å². The van der Waals surface area contributed by atoms with Crippen molar-refractivity contribution in [3.05, 3.63) is 62.5 Å². The summed E-state index contributed by atoms with van der Waals surface area (Å²) in [6.45, 7) is 8.16. The Kier molecular flexibility index (Phi) is 4.48. The number of primary amides is 1. The van der Waals surface area contributed by atoms with Gasteiger partial charge in [0.2, 0.25) is 0 Å². The molecule has 0 saturated heterocycles. The Morgan fingerprint density at radius 3 is 2.48 bits per heavy atom. The SMILES string of the molecule is Cc1cc(C(C)(C)C)c(Cl)cc1-c1cc(=O)c2c(C(N)=O)n(O)ccc-2n1. The van der Waals surface area contributed by atoms with Gasteiger partial charge in [-0.1, -0.05) is 38.4 Å². The van der Waals surface area contributed by atoms with Crippen LogP contribution in [0.4, 0.5) is 0 Å². The van der Waals surface area contributed by atoms with E-state index in [-0.39, 0.29) is 22.4 Å². The quantitative estimate of drug-likeness (QED) is 0.658. The highest BCUT2D eigenvalue weighted by Crippen LogP contribution is 2.35. The van der Waals surface area contributed by atoms with Gasteiger partial charge in [-0.3, -0.25) is 9.59 Å². The molecule has 3 N–H and O–H groups in total. The lowest BCUT2D eigenvalue weighted by atomic mass is 9.85. The maximum Gasteiger partial charge on any atom is 0.269 e. The van der Waals surface area contributed by atoms with Crippen molar-refractivity contribution in [3.8, 4) is 22.5 Å². The molecule has 0 fully saturated rings. The second kappa shape index (κ2) is 6.39. The summed E-state index contributed by atoms with van der Waals surface area (Å²) in [5.74, 6) is -0.913. The van der Waals surface area contributed by atoms with E-state index in [4.69, 9.17) is 17.3 Å². The number of nitrogens with zero attached hydrogens (tertiary/aromatic N) is 2. The number of pyridine rings is 2. The van der Waals surface area contributed by atoms with Gasteiger partial charge in [0.15, 0.2) is 11.1 Å². The van der Waals surface area contributed by atoms with E-state index < -0.39 is 11.3 Å². The molecule has 1 amide bonds. The summed E-state index contributed by atoms with van der Waals surface area (Å²) < 4.78 is 0.535. The Hall–Kier alpha value is -2.86. The van der Waals surface area contributed by atoms with Crippen LogP contribution in [0, 0.1) is 6.92 Å². The molecule has 0 aromatic heterocycles. The number of hydrogen-bond acceptors (Lipinski definition) is 4. The maximum atomic E-state index is 12.7. The number of amides is 1. The van der Waals surface area contributed by atoms with E-state index in [9.17, 15) is 14.8 Å². The van der Waals surface area contributed by atoms with Crippen molar-refractivity contribution in [3.63, 3.8) is 0 Å². The molecule has 7 heteroatoms. The number of benzene rings is 1. The first-order chi connectivity index (χ1) is 12.5. The van der Waals surface area contributed by atoms with Crippen molar-refractivity contribution in [2.24, 2.45) is 5.73 Å². The van der Waals surface area contributed by atoms with E-state index in [2.05, 4.69) is 25.8 Å². The molecule has 1 aromatic rings. The molecule has 3 rings (SSSR count). The van der Waals surface area contributed by atoms with Crippen molar-refractivity contribution in [1.82, 2.24) is 9.71 Å². The molecule has 0 atom stereocenters. The highest BCUT2D eigenvalue weighted by atomic mass is 35.5. The molecule has 1 aromatic carbocycles. The number of nitrogens with two attached hydrogens (primary N) is 1. The lowest BCUT2D eigenvalue weighted by molar-refractivity contribution is 0.0947. The van der Waals surface area contributed by atoms with Crippen molar-refractivity contribution in [2.75, 3.05) is 0 Å². The third-order valence-electron chi connectivity index (χ3n) is 4.48. The average Bonchev–Trinajstić information content (AvgIpc) is 2.55. The van der Waals surface area contributed by atoms with E-state index in [1.807, 2.05) is 13.0 Å². The van der Waals surface area contributed by atoms with Gasteiger partial charge in [0.25, 0.3) is 5.91 Å². The van der Waals surface area contributed by atoms with Crippen LogP contribution in [0.1, 0.15) is 42.4 Å². The molecular formula is C20H20ClN3O3. The number of aromatic nitrogens is 2.